The highest BCUT2D eigenvalue weighted by molar-refractivity contribution is 6.15. The standard InChI is InChI=1S/C45H33N/c1-45(2)43-19-11-10-18-39(43)42-29-36(23-25-44(42)45)46(34-15-4-3-5-16-34)35-22-24-38-37-17-9-8-14-32(37)27-40(41(38)28-35)33-21-20-30-12-6-7-13-31(30)26-33/h3-29H,1-2H3. The van der Waals surface area contributed by atoms with Crippen molar-refractivity contribution < 1.29 is 0 Å². The van der Waals surface area contributed by atoms with Gasteiger partial charge >= 0.3 is 0 Å². The van der Waals surface area contributed by atoms with Crippen LogP contribution in [0.15, 0.2) is 164 Å². The maximum Gasteiger partial charge on any atom is 0.0468 e. The molecule has 0 bridgehead atoms. The Kier molecular flexibility index (Phi) is 5.92. The molecule has 0 aliphatic heterocycles. The third-order valence-electron chi connectivity index (χ3n) is 10.0. The third kappa shape index (κ3) is 4.09. The maximum atomic E-state index is 2.41. The molecule has 1 aliphatic rings. The number of anilines is 3. The summed E-state index contributed by atoms with van der Waals surface area (Å²) in [5.41, 5.74) is 11.3. The Morgan fingerprint density at radius 1 is 0.370 bits per heavy atom. The van der Waals surface area contributed by atoms with Gasteiger partial charge in [0.1, 0.15) is 0 Å². The van der Waals surface area contributed by atoms with Crippen molar-refractivity contribution in [2.24, 2.45) is 0 Å². The molecule has 0 spiro atoms. The van der Waals surface area contributed by atoms with E-state index in [9.17, 15) is 0 Å². The van der Waals surface area contributed by atoms with E-state index in [1.807, 2.05) is 0 Å². The van der Waals surface area contributed by atoms with Gasteiger partial charge in [0.2, 0.25) is 0 Å². The zero-order chi connectivity index (χ0) is 30.8. The van der Waals surface area contributed by atoms with E-state index in [0.717, 1.165) is 17.1 Å². The molecule has 1 nitrogen and oxygen atoms in total. The van der Waals surface area contributed by atoms with Crippen LogP contribution in [0.1, 0.15) is 25.0 Å². The lowest BCUT2D eigenvalue weighted by Gasteiger charge is -2.27. The van der Waals surface area contributed by atoms with E-state index in [1.54, 1.807) is 0 Å². The van der Waals surface area contributed by atoms with Crippen molar-refractivity contribution in [2.45, 2.75) is 19.3 Å². The summed E-state index contributed by atoms with van der Waals surface area (Å²) in [6, 6.07) is 60.3. The van der Waals surface area contributed by atoms with E-state index in [0.29, 0.717) is 0 Å². The van der Waals surface area contributed by atoms with Gasteiger partial charge in [-0.05, 0) is 114 Å². The fourth-order valence-electron chi connectivity index (χ4n) is 7.70. The van der Waals surface area contributed by atoms with Crippen molar-refractivity contribution in [1.82, 2.24) is 0 Å². The highest BCUT2D eigenvalue weighted by atomic mass is 15.1. The SMILES string of the molecule is CC1(C)c2ccccc2-c2cc(N(c3ccccc3)c3ccc4c(c3)c(-c3ccc5ccccc5c3)cc3ccccc34)ccc21. The molecule has 1 heteroatoms. The van der Waals surface area contributed by atoms with Gasteiger partial charge in [-0.1, -0.05) is 129 Å². The fourth-order valence-corrected chi connectivity index (χ4v) is 7.70. The number of hydrogen-bond acceptors (Lipinski definition) is 1. The topological polar surface area (TPSA) is 3.24 Å². The normalized spacial score (nSPS) is 13.2. The van der Waals surface area contributed by atoms with Gasteiger partial charge in [-0.15, -0.1) is 0 Å². The average molecular weight is 588 g/mol. The van der Waals surface area contributed by atoms with Gasteiger partial charge in [0.05, 0.1) is 0 Å². The number of hydrogen-bond donors (Lipinski definition) is 0. The second kappa shape index (κ2) is 10.2. The molecule has 46 heavy (non-hydrogen) atoms. The minimum atomic E-state index is -0.0270. The Balaban J connectivity index is 1.29. The van der Waals surface area contributed by atoms with Crippen molar-refractivity contribution in [2.75, 3.05) is 4.90 Å². The smallest absolute Gasteiger partial charge is 0.0468 e. The molecule has 0 unspecified atom stereocenters. The second-order valence-electron chi connectivity index (χ2n) is 13.0. The molecule has 0 saturated carbocycles. The molecule has 0 atom stereocenters. The monoisotopic (exact) mass is 587 g/mol. The summed E-state index contributed by atoms with van der Waals surface area (Å²) in [6.45, 7) is 4.68. The van der Waals surface area contributed by atoms with Crippen LogP contribution in [-0.4, -0.2) is 0 Å². The van der Waals surface area contributed by atoms with Crippen LogP contribution in [-0.2, 0) is 5.41 Å². The number of para-hydroxylation sites is 1. The van der Waals surface area contributed by atoms with Crippen LogP contribution in [0, 0.1) is 0 Å². The fraction of sp³-hybridized carbons (Fsp3) is 0.0667. The summed E-state index contributed by atoms with van der Waals surface area (Å²) in [5, 5.41) is 7.56. The van der Waals surface area contributed by atoms with E-state index in [2.05, 4.69) is 183 Å². The van der Waals surface area contributed by atoms with Crippen LogP contribution in [0.2, 0.25) is 0 Å². The molecule has 0 radical (unpaired) electrons. The molecule has 0 N–H and O–H groups in total. The maximum absolute atomic E-state index is 2.41. The zero-order valence-corrected chi connectivity index (χ0v) is 26.0. The lowest BCUT2D eigenvalue weighted by molar-refractivity contribution is 0.660. The van der Waals surface area contributed by atoms with Crippen LogP contribution in [0.5, 0.6) is 0 Å². The number of rotatable bonds is 4. The summed E-state index contributed by atoms with van der Waals surface area (Å²) in [7, 11) is 0. The van der Waals surface area contributed by atoms with Crippen molar-refractivity contribution in [3.63, 3.8) is 0 Å². The van der Waals surface area contributed by atoms with Crippen molar-refractivity contribution in [3.05, 3.63) is 175 Å². The first kappa shape index (κ1) is 26.7. The minimum absolute atomic E-state index is 0.0270. The Labute approximate surface area is 270 Å². The molecule has 218 valence electrons. The predicted molar refractivity (Wildman–Crippen MR) is 197 cm³/mol. The van der Waals surface area contributed by atoms with E-state index in [4.69, 9.17) is 0 Å². The number of fused-ring (bicyclic) bond motifs is 7. The first-order chi connectivity index (χ1) is 22.6. The van der Waals surface area contributed by atoms with E-state index >= 15 is 0 Å². The van der Waals surface area contributed by atoms with Crippen LogP contribution < -0.4 is 4.90 Å². The molecule has 0 saturated heterocycles. The first-order valence-electron chi connectivity index (χ1n) is 16.1. The van der Waals surface area contributed by atoms with Crippen LogP contribution >= 0.6 is 0 Å². The van der Waals surface area contributed by atoms with Crippen LogP contribution in [0.25, 0.3) is 54.6 Å². The van der Waals surface area contributed by atoms with E-state index < -0.39 is 0 Å². The molecule has 9 rings (SSSR count). The predicted octanol–water partition coefficient (Wildman–Crippen LogP) is 12.6. The highest BCUT2D eigenvalue weighted by Gasteiger charge is 2.35. The molecule has 0 fully saturated rings. The minimum Gasteiger partial charge on any atom is -0.310 e. The summed E-state index contributed by atoms with van der Waals surface area (Å²) in [4.78, 5) is 2.41. The lowest BCUT2D eigenvalue weighted by Crippen LogP contribution is -2.15. The molecule has 0 aromatic heterocycles. The van der Waals surface area contributed by atoms with Gasteiger partial charge in [-0.25, -0.2) is 0 Å². The van der Waals surface area contributed by atoms with Crippen LogP contribution in [0.3, 0.4) is 0 Å². The largest absolute Gasteiger partial charge is 0.310 e. The Morgan fingerprint density at radius 2 is 1.04 bits per heavy atom. The van der Waals surface area contributed by atoms with E-state index in [-0.39, 0.29) is 5.41 Å². The molecule has 0 amide bonds. The Morgan fingerprint density at radius 3 is 1.91 bits per heavy atom. The van der Waals surface area contributed by atoms with Crippen molar-refractivity contribution in [1.29, 1.82) is 0 Å². The number of nitrogens with zero attached hydrogens (tertiary/aromatic N) is 1. The Hall–Kier alpha value is -5.66. The van der Waals surface area contributed by atoms with Crippen molar-refractivity contribution >= 4 is 49.4 Å². The highest BCUT2D eigenvalue weighted by Crippen LogP contribution is 2.51. The van der Waals surface area contributed by atoms with Gasteiger partial charge in [0.15, 0.2) is 0 Å². The molecule has 8 aromatic carbocycles. The summed E-state index contributed by atoms with van der Waals surface area (Å²) in [6.07, 6.45) is 0. The zero-order valence-electron chi connectivity index (χ0n) is 26.0. The van der Waals surface area contributed by atoms with Gasteiger partial charge in [-0.3, -0.25) is 0 Å². The van der Waals surface area contributed by atoms with E-state index in [1.165, 1.54) is 65.7 Å². The third-order valence-corrected chi connectivity index (χ3v) is 10.0. The van der Waals surface area contributed by atoms with Gasteiger partial charge in [0.25, 0.3) is 0 Å². The Bertz CT molecular complexity index is 2450. The quantitative estimate of drug-likeness (QED) is 0.185. The summed E-state index contributed by atoms with van der Waals surface area (Å²) >= 11 is 0. The first-order valence-corrected chi connectivity index (χ1v) is 16.1. The van der Waals surface area contributed by atoms with Gasteiger partial charge in [-0.2, -0.15) is 0 Å². The van der Waals surface area contributed by atoms with Gasteiger partial charge < -0.3 is 4.90 Å². The molecular weight excluding hydrogens is 555 g/mol. The number of benzene rings is 8. The average Bonchev–Trinajstić information content (AvgIpc) is 3.34. The summed E-state index contributed by atoms with van der Waals surface area (Å²) < 4.78 is 0. The molecule has 0 heterocycles. The summed E-state index contributed by atoms with van der Waals surface area (Å²) in [5.74, 6) is 0. The lowest BCUT2D eigenvalue weighted by atomic mass is 9.82. The molecular formula is C45H33N. The second-order valence-corrected chi connectivity index (χ2v) is 13.0. The molecule has 1 aliphatic carbocycles. The molecule has 8 aromatic rings. The van der Waals surface area contributed by atoms with Crippen molar-refractivity contribution in [3.8, 4) is 22.3 Å². The van der Waals surface area contributed by atoms with Gasteiger partial charge in [0, 0.05) is 22.5 Å². The van der Waals surface area contributed by atoms with Crippen LogP contribution in [0.4, 0.5) is 17.1 Å².